The van der Waals surface area contributed by atoms with Crippen LogP contribution in [0.15, 0.2) is 0 Å². The Morgan fingerprint density at radius 3 is 2.28 bits per heavy atom. The maximum atomic E-state index is 11.3. The number of rotatable bonds is 6. The maximum absolute atomic E-state index is 11.3. The smallest absolute Gasteiger partial charge is 0.311 e. The zero-order valence-electron chi connectivity index (χ0n) is 11.3. The fourth-order valence-electron chi connectivity index (χ4n) is 1.66. The molecule has 0 aliphatic heterocycles. The van der Waals surface area contributed by atoms with E-state index in [1.54, 1.807) is 0 Å². The molecule has 0 bridgehead atoms. The van der Waals surface area contributed by atoms with Crippen LogP contribution < -0.4 is 5.32 Å². The molecule has 6 heteroatoms. The van der Waals surface area contributed by atoms with Gasteiger partial charge in [0, 0.05) is 6.54 Å². The molecule has 1 heterocycles. The van der Waals surface area contributed by atoms with Crippen molar-refractivity contribution >= 4 is 11.9 Å². The summed E-state index contributed by atoms with van der Waals surface area (Å²) in [6.45, 7) is 7.73. The van der Waals surface area contributed by atoms with E-state index in [1.807, 2.05) is 27.7 Å². The molecule has 0 saturated heterocycles. The van der Waals surface area contributed by atoms with Gasteiger partial charge < -0.3 is 10.4 Å². The SMILES string of the molecule is CCC(CC)(CNc1nnc(C)c(C)n1)C(=O)O. The second kappa shape index (κ2) is 5.75. The zero-order valence-corrected chi connectivity index (χ0v) is 11.3. The van der Waals surface area contributed by atoms with Crippen LogP contribution >= 0.6 is 0 Å². The molecular weight excluding hydrogens is 232 g/mol. The molecule has 18 heavy (non-hydrogen) atoms. The van der Waals surface area contributed by atoms with Crippen LogP contribution in [0.2, 0.25) is 0 Å². The van der Waals surface area contributed by atoms with Crippen molar-refractivity contribution in [3.05, 3.63) is 11.4 Å². The number of carboxylic acids is 1. The highest BCUT2D eigenvalue weighted by atomic mass is 16.4. The van der Waals surface area contributed by atoms with Crippen LogP contribution in [0.3, 0.4) is 0 Å². The fourth-order valence-corrected chi connectivity index (χ4v) is 1.66. The summed E-state index contributed by atoms with van der Waals surface area (Å²) in [4.78, 5) is 15.6. The minimum absolute atomic E-state index is 0.305. The predicted octanol–water partition coefficient (Wildman–Crippen LogP) is 1.79. The Morgan fingerprint density at radius 1 is 1.22 bits per heavy atom. The van der Waals surface area contributed by atoms with Gasteiger partial charge in [-0.3, -0.25) is 4.79 Å². The first-order valence-electron chi connectivity index (χ1n) is 6.10. The Labute approximate surface area is 107 Å². The molecule has 0 unspecified atom stereocenters. The first-order chi connectivity index (χ1) is 8.45. The van der Waals surface area contributed by atoms with Gasteiger partial charge in [0.2, 0.25) is 5.95 Å². The van der Waals surface area contributed by atoms with E-state index in [-0.39, 0.29) is 0 Å². The number of anilines is 1. The highest BCUT2D eigenvalue weighted by Gasteiger charge is 2.34. The standard InChI is InChI=1S/C12H20N4O2/c1-5-12(6-2,10(17)18)7-13-11-14-8(3)9(4)15-16-11/h5-7H2,1-4H3,(H,17,18)(H,13,14,16). The fraction of sp³-hybridized carbons (Fsp3) is 0.667. The topological polar surface area (TPSA) is 88.0 Å². The summed E-state index contributed by atoms with van der Waals surface area (Å²) >= 11 is 0. The molecule has 0 fully saturated rings. The number of carboxylic acid groups (broad SMARTS) is 1. The van der Waals surface area contributed by atoms with E-state index in [1.165, 1.54) is 0 Å². The number of nitrogens with one attached hydrogen (secondary N) is 1. The minimum atomic E-state index is -0.795. The molecule has 6 nitrogen and oxygen atoms in total. The number of aromatic nitrogens is 3. The second-order valence-electron chi connectivity index (χ2n) is 4.45. The summed E-state index contributed by atoms with van der Waals surface area (Å²) in [5.74, 6) is -0.414. The molecule has 2 N–H and O–H groups in total. The summed E-state index contributed by atoms with van der Waals surface area (Å²) < 4.78 is 0. The molecular formula is C12H20N4O2. The molecule has 0 aliphatic rings. The Balaban J connectivity index is 2.79. The van der Waals surface area contributed by atoms with E-state index < -0.39 is 11.4 Å². The minimum Gasteiger partial charge on any atom is -0.481 e. The third-order valence-corrected chi connectivity index (χ3v) is 3.48. The first kappa shape index (κ1) is 14.3. The molecule has 1 aromatic heterocycles. The van der Waals surface area contributed by atoms with Crippen LogP contribution in [0.25, 0.3) is 0 Å². The number of nitrogens with zero attached hydrogens (tertiary/aromatic N) is 3. The average Bonchev–Trinajstić information content (AvgIpc) is 2.35. The number of hydrogen-bond donors (Lipinski definition) is 2. The molecule has 0 aromatic carbocycles. The maximum Gasteiger partial charge on any atom is 0.311 e. The van der Waals surface area contributed by atoms with Gasteiger partial charge in [-0.15, -0.1) is 5.10 Å². The van der Waals surface area contributed by atoms with E-state index >= 15 is 0 Å². The van der Waals surface area contributed by atoms with Crippen molar-refractivity contribution in [2.75, 3.05) is 11.9 Å². The summed E-state index contributed by atoms with van der Waals surface area (Å²) in [5.41, 5.74) is 0.791. The molecule has 0 amide bonds. The normalized spacial score (nSPS) is 11.3. The molecule has 0 radical (unpaired) electrons. The van der Waals surface area contributed by atoms with Gasteiger partial charge in [0.05, 0.1) is 16.8 Å². The lowest BCUT2D eigenvalue weighted by Crippen LogP contribution is -2.37. The van der Waals surface area contributed by atoms with Crippen LogP contribution in [0.5, 0.6) is 0 Å². The van der Waals surface area contributed by atoms with Gasteiger partial charge in [0.15, 0.2) is 0 Å². The first-order valence-corrected chi connectivity index (χ1v) is 6.10. The summed E-state index contributed by atoms with van der Waals surface area (Å²) in [6, 6.07) is 0. The third kappa shape index (κ3) is 2.94. The average molecular weight is 252 g/mol. The summed E-state index contributed by atoms with van der Waals surface area (Å²) in [7, 11) is 0. The highest BCUT2D eigenvalue weighted by molar-refractivity contribution is 5.75. The molecule has 0 atom stereocenters. The highest BCUT2D eigenvalue weighted by Crippen LogP contribution is 2.26. The van der Waals surface area contributed by atoms with Crippen molar-refractivity contribution in [3.63, 3.8) is 0 Å². The quantitative estimate of drug-likeness (QED) is 0.802. The van der Waals surface area contributed by atoms with Gasteiger partial charge in [0.1, 0.15) is 0 Å². The molecule has 100 valence electrons. The van der Waals surface area contributed by atoms with E-state index in [2.05, 4.69) is 20.5 Å². The van der Waals surface area contributed by atoms with Gasteiger partial charge in [-0.25, -0.2) is 4.98 Å². The van der Waals surface area contributed by atoms with Crippen LogP contribution in [0.4, 0.5) is 5.95 Å². The van der Waals surface area contributed by atoms with Gasteiger partial charge in [-0.2, -0.15) is 5.10 Å². The van der Waals surface area contributed by atoms with E-state index in [0.717, 1.165) is 11.4 Å². The lowest BCUT2D eigenvalue weighted by Gasteiger charge is -2.26. The Morgan fingerprint density at radius 2 is 1.83 bits per heavy atom. The van der Waals surface area contributed by atoms with Gasteiger partial charge >= 0.3 is 5.97 Å². The van der Waals surface area contributed by atoms with Crippen molar-refractivity contribution < 1.29 is 9.90 Å². The number of hydrogen-bond acceptors (Lipinski definition) is 5. The zero-order chi connectivity index (χ0) is 13.8. The number of carbonyl (C=O) groups is 1. The Bertz CT molecular complexity index is 430. The second-order valence-corrected chi connectivity index (χ2v) is 4.45. The van der Waals surface area contributed by atoms with Crippen molar-refractivity contribution in [1.82, 2.24) is 15.2 Å². The largest absolute Gasteiger partial charge is 0.481 e. The van der Waals surface area contributed by atoms with Gasteiger partial charge in [-0.1, -0.05) is 13.8 Å². The van der Waals surface area contributed by atoms with Crippen molar-refractivity contribution in [3.8, 4) is 0 Å². The van der Waals surface area contributed by atoms with E-state index in [0.29, 0.717) is 25.3 Å². The molecule has 1 rings (SSSR count). The Hall–Kier alpha value is -1.72. The van der Waals surface area contributed by atoms with E-state index in [9.17, 15) is 9.90 Å². The lowest BCUT2D eigenvalue weighted by molar-refractivity contribution is -0.148. The summed E-state index contributed by atoms with van der Waals surface area (Å²) in [5, 5.41) is 20.1. The molecule has 0 saturated carbocycles. The van der Waals surface area contributed by atoms with Crippen LogP contribution in [-0.2, 0) is 4.79 Å². The predicted molar refractivity (Wildman–Crippen MR) is 68.4 cm³/mol. The third-order valence-electron chi connectivity index (χ3n) is 3.48. The lowest BCUT2D eigenvalue weighted by atomic mass is 9.82. The van der Waals surface area contributed by atoms with Crippen LogP contribution in [0, 0.1) is 19.3 Å². The van der Waals surface area contributed by atoms with Gasteiger partial charge in [-0.05, 0) is 26.7 Å². The van der Waals surface area contributed by atoms with Crippen molar-refractivity contribution in [2.24, 2.45) is 5.41 Å². The number of aryl methyl sites for hydroxylation is 2. The number of aliphatic carboxylic acids is 1. The monoisotopic (exact) mass is 252 g/mol. The summed E-state index contributed by atoms with van der Waals surface area (Å²) in [6.07, 6.45) is 1.12. The van der Waals surface area contributed by atoms with Crippen molar-refractivity contribution in [1.29, 1.82) is 0 Å². The molecule has 1 aromatic rings. The van der Waals surface area contributed by atoms with Crippen LogP contribution in [-0.4, -0.2) is 32.8 Å². The molecule has 0 aliphatic carbocycles. The molecule has 0 spiro atoms. The van der Waals surface area contributed by atoms with Gasteiger partial charge in [0.25, 0.3) is 0 Å². The van der Waals surface area contributed by atoms with E-state index in [4.69, 9.17) is 0 Å². The van der Waals surface area contributed by atoms with Crippen molar-refractivity contribution in [2.45, 2.75) is 40.5 Å². The Kier molecular flexibility index (Phi) is 4.58. The van der Waals surface area contributed by atoms with Crippen LogP contribution in [0.1, 0.15) is 38.1 Å².